The molecule has 2 N–H and O–H groups in total. The number of hydrogen-bond acceptors (Lipinski definition) is 4. The summed E-state index contributed by atoms with van der Waals surface area (Å²) in [4.78, 5) is 0.00667. The van der Waals surface area contributed by atoms with Crippen LogP contribution in [0.15, 0.2) is 23.1 Å². The molecule has 0 amide bonds. The number of benzene rings is 1. The molecule has 0 atom stereocenters. The Morgan fingerprint density at radius 1 is 1.37 bits per heavy atom. The molecule has 1 aromatic rings. The largest absolute Gasteiger partial charge is 0.392 e. The molecule has 0 spiro atoms. The molecular weight excluding hydrogens is 290 g/mol. The van der Waals surface area contributed by atoms with Crippen LogP contribution in [0.25, 0.3) is 0 Å². The van der Waals surface area contributed by atoms with Gasteiger partial charge in [0.1, 0.15) is 4.90 Å². The number of rotatable bonds is 4. The summed E-state index contributed by atoms with van der Waals surface area (Å²) in [7, 11) is -3.67. The first-order chi connectivity index (χ1) is 9.03. The van der Waals surface area contributed by atoms with Gasteiger partial charge in [-0.25, -0.2) is 13.1 Å². The van der Waals surface area contributed by atoms with Gasteiger partial charge in [0.05, 0.1) is 11.6 Å². The van der Waals surface area contributed by atoms with E-state index in [0.29, 0.717) is 31.6 Å². The lowest BCUT2D eigenvalue weighted by molar-refractivity contribution is 0.0832. The smallest absolute Gasteiger partial charge is 0.242 e. The lowest BCUT2D eigenvalue weighted by Crippen LogP contribution is -2.38. The molecule has 106 valence electrons. The molecule has 1 fully saturated rings. The van der Waals surface area contributed by atoms with Gasteiger partial charge in [-0.05, 0) is 30.5 Å². The molecule has 5 nitrogen and oxygen atoms in total. The molecule has 0 bridgehead atoms. The summed E-state index contributed by atoms with van der Waals surface area (Å²) >= 11 is 5.93. The van der Waals surface area contributed by atoms with Crippen molar-refractivity contribution >= 4 is 21.6 Å². The predicted molar refractivity (Wildman–Crippen MR) is 71.5 cm³/mol. The number of sulfonamides is 1. The molecule has 0 unspecified atom stereocenters. The first-order valence-corrected chi connectivity index (χ1v) is 7.88. The van der Waals surface area contributed by atoms with Crippen LogP contribution >= 0.6 is 11.6 Å². The van der Waals surface area contributed by atoms with Crippen LogP contribution in [0.2, 0.25) is 5.02 Å². The summed E-state index contributed by atoms with van der Waals surface area (Å²) in [6.45, 7) is 0.881. The van der Waals surface area contributed by atoms with E-state index in [4.69, 9.17) is 21.4 Å². The van der Waals surface area contributed by atoms with Crippen molar-refractivity contribution in [3.8, 4) is 0 Å². The predicted octanol–water partition coefficient (Wildman–Crippen LogP) is 1.29. The Morgan fingerprint density at radius 2 is 2.05 bits per heavy atom. The molecule has 1 aliphatic rings. The zero-order valence-corrected chi connectivity index (χ0v) is 11.9. The van der Waals surface area contributed by atoms with E-state index in [2.05, 4.69) is 4.72 Å². The van der Waals surface area contributed by atoms with E-state index in [1.54, 1.807) is 6.07 Å². The SMILES string of the molecule is O=S(=O)(NC1CCOCC1)c1cc(CO)ccc1Cl. The maximum absolute atomic E-state index is 12.3. The highest BCUT2D eigenvalue weighted by Crippen LogP contribution is 2.23. The Hall–Kier alpha value is -0.660. The Labute approximate surface area is 117 Å². The van der Waals surface area contributed by atoms with Crippen molar-refractivity contribution in [3.05, 3.63) is 28.8 Å². The molecule has 1 heterocycles. The second kappa shape index (κ2) is 6.19. The van der Waals surface area contributed by atoms with Crippen LogP contribution in [0, 0.1) is 0 Å². The van der Waals surface area contributed by atoms with Crippen molar-refractivity contribution in [2.75, 3.05) is 13.2 Å². The number of halogens is 1. The van der Waals surface area contributed by atoms with E-state index in [1.807, 2.05) is 0 Å². The minimum atomic E-state index is -3.67. The van der Waals surface area contributed by atoms with Gasteiger partial charge in [-0.3, -0.25) is 0 Å². The van der Waals surface area contributed by atoms with Crippen LogP contribution in [0.5, 0.6) is 0 Å². The van der Waals surface area contributed by atoms with Gasteiger partial charge in [0.2, 0.25) is 10.0 Å². The van der Waals surface area contributed by atoms with Crippen LogP contribution in [-0.2, 0) is 21.4 Å². The molecule has 7 heteroatoms. The van der Waals surface area contributed by atoms with Crippen molar-refractivity contribution in [3.63, 3.8) is 0 Å². The van der Waals surface area contributed by atoms with Crippen LogP contribution in [0.3, 0.4) is 0 Å². The lowest BCUT2D eigenvalue weighted by Gasteiger charge is -2.23. The first kappa shape index (κ1) is 14.7. The average molecular weight is 306 g/mol. The molecular formula is C12H16ClNO4S. The summed E-state index contributed by atoms with van der Waals surface area (Å²) in [5.41, 5.74) is 0.511. The molecule has 0 saturated carbocycles. The highest BCUT2D eigenvalue weighted by Gasteiger charge is 2.24. The molecule has 1 aliphatic heterocycles. The van der Waals surface area contributed by atoms with Crippen molar-refractivity contribution in [1.29, 1.82) is 0 Å². The van der Waals surface area contributed by atoms with Crippen molar-refractivity contribution < 1.29 is 18.3 Å². The van der Waals surface area contributed by atoms with Gasteiger partial charge >= 0.3 is 0 Å². The minimum Gasteiger partial charge on any atom is -0.392 e. The molecule has 0 aliphatic carbocycles. The average Bonchev–Trinajstić information content (AvgIpc) is 2.39. The summed E-state index contributed by atoms with van der Waals surface area (Å²) in [5, 5.41) is 9.22. The molecule has 1 aromatic carbocycles. The zero-order valence-electron chi connectivity index (χ0n) is 10.3. The van der Waals surface area contributed by atoms with E-state index < -0.39 is 10.0 Å². The van der Waals surface area contributed by atoms with E-state index in [1.165, 1.54) is 12.1 Å². The van der Waals surface area contributed by atoms with Crippen molar-refractivity contribution in [2.24, 2.45) is 0 Å². The summed E-state index contributed by atoms with van der Waals surface area (Å²) in [6, 6.07) is 4.33. The molecule has 2 rings (SSSR count). The third-order valence-corrected chi connectivity index (χ3v) is 5.01. The fourth-order valence-corrected chi connectivity index (χ4v) is 3.81. The van der Waals surface area contributed by atoms with Crippen molar-refractivity contribution in [1.82, 2.24) is 4.72 Å². The monoisotopic (exact) mass is 305 g/mol. The first-order valence-electron chi connectivity index (χ1n) is 6.02. The zero-order chi connectivity index (χ0) is 13.9. The number of nitrogens with one attached hydrogen (secondary N) is 1. The highest BCUT2D eigenvalue weighted by atomic mass is 35.5. The van der Waals surface area contributed by atoms with Crippen LogP contribution in [-0.4, -0.2) is 32.8 Å². The second-order valence-electron chi connectivity index (χ2n) is 4.43. The van der Waals surface area contributed by atoms with E-state index in [0.717, 1.165) is 0 Å². The summed E-state index contributed by atoms with van der Waals surface area (Å²) in [5.74, 6) is 0. The topological polar surface area (TPSA) is 75.6 Å². The fraction of sp³-hybridized carbons (Fsp3) is 0.500. The number of ether oxygens (including phenoxy) is 1. The summed E-state index contributed by atoms with van der Waals surface area (Å²) in [6.07, 6.45) is 1.30. The number of aliphatic hydroxyl groups is 1. The van der Waals surface area contributed by atoms with Gasteiger partial charge in [-0.15, -0.1) is 0 Å². The van der Waals surface area contributed by atoms with Gasteiger partial charge in [0.25, 0.3) is 0 Å². The van der Waals surface area contributed by atoms with E-state index in [-0.39, 0.29) is 22.6 Å². The van der Waals surface area contributed by atoms with Gasteiger partial charge in [0.15, 0.2) is 0 Å². The molecule has 1 saturated heterocycles. The third kappa shape index (κ3) is 3.67. The van der Waals surface area contributed by atoms with Gasteiger partial charge in [-0.1, -0.05) is 17.7 Å². The van der Waals surface area contributed by atoms with Crippen LogP contribution in [0.4, 0.5) is 0 Å². The Bertz CT molecular complexity index is 541. The van der Waals surface area contributed by atoms with Crippen molar-refractivity contribution in [2.45, 2.75) is 30.4 Å². The van der Waals surface area contributed by atoms with E-state index in [9.17, 15) is 8.42 Å². The molecule has 0 radical (unpaired) electrons. The van der Waals surface area contributed by atoms with Gasteiger partial charge < -0.3 is 9.84 Å². The third-order valence-electron chi connectivity index (χ3n) is 3.01. The maximum atomic E-state index is 12.3. The molecule has 19 heavy (non-hydrogen) atoms. The Balaban J connectivity index is 2.23. The Kier molecular flexibility index (Phi) is 4.81. The van der Waals surface area contributed by atoms with Crippen LogP contribution < -0.4 is 4.72 Å². The van der Waals surface area contributed by atoms with Crippen LogP contribution in [0.1, 0.15) is 18.4 Å². The standard InChI is InChI=1S/C12H16ClNO4S/c13-11-2-1-9(8-15)7-12(11)19(16,17)14-10-3-5-18-6-4-10/h1-2,7,10,14-15H,3-6,8H2. The Morgan fingerprint density at radius 3 is 2.68 bits per heavy atom. The fourth-order valence-electron chi connectivity index (χ4n) is 1.95. The quantitative estimate of drug-likeness (QED) is 0.879. The van der Waals surface area contributed by atoms with E-state index >= 15 is 0 Å². The summed E-state index contributed by atoms with van der Waals surface area (Å²) < 4.78 is 32.4. The lowest BCUT2D eigenvalue weighted by atomic mass is 10.1. The number of hydrogen-bond donors (Lipinski definition) is 2. The maximum Gasteiger partial charge on any atom is 0.242 e. The molecule has 0 aromatic heterocycles. The van der Waals surface area contributed by atoms with Gasteiger partial charge in [-0.2, -0.15) is 0 Å². The number of aliphatic hydroxyl groups excluding tert-OH is 1. The minimum absolute atomic E-state index is 0.00667. The highest BCUT2D eigenvalue weighted by molar-refractivity contribution is 7.89. The normalized spacial score (nSPS) is 17.6. The second-order valence-corrected chi connectivity index (χ2v) is 6.52. The van der Waals surface area contributed by atoms with Gasteiger partial charge in [0, 0.05) is 19.3 Å².